The van der Waals surface area contributed by atoms with Crippen LogP contribution in [0.15, 0.2) is 34.9 Å². The summed E-state index contributed by atoms with van der Waals surface area (Å²) >= 11 is 5.78. The second-order valence-electron chi connectivity index (χ2n) is 4.50. The predicted octanol–water partition coefficient (Wildman–Crippen LogP) is 1.78. The number of aromatic nitrogens is 1. The molecule has 2 N–H and O–H groups in total. The van der Waals surface area contributed by atoms with Crippen LogP contribution in [0, 0.1) is 0 Å². The number of benzene rings is 1. The molecule has 112 valence electrons. The molecule has 0 aliphatic rings. The molecule has 0 saturated heterocycles. The van der Waals surface area contributed by atoms with E-state index in [0.717, 1.165) is 0 Å². The van der Waals surface area contributed by atoms with Crippen molar-refractivity contribution in [3.8, 4) is 11.5 Å². The summed E-state index contributed by atoms with van der Waals surface area (Å²) in [5.41, 5.74) is 5.90. The van der Waals surface area contributed by atoms with Crippen LogP contribution in [0.1, 0.15) is 12.6 Å². The molecule has 0 spiro atoms. The highest BCUT2D eigenvalue weighted by Gasteiger charge is 2.27. The van der Waals surface area contributed by atoms with Crippen molar-refractivity contribution in [1.82, 2.24) is 4.98 Å². The molecule has 0 saturated carbocycles. The molecule has 1 aromatic carbocycles. The number of amides is 1. The number of primary amides is 1. The van der Waals surface area contributed by atoms with Crippen LogP contribution in [0.25, 0.3) is 11.5 Å². The van der Waals surface area contributed by atoms with E-state index in [0.29, 0.717) is 10.6 Å². The highest BCUT2D eigenvalue weighted by molar-refractivity contribution is 7.92. The van der Waals surface area contributed by atoms with Gasteiger partial charge < -0.3 is 10.2 Å². The number of nitrogens with zero attached hydrogens (tertiary/aromatic N) is 1. The highest BCUT2D eigenvalue weighted by Crippen LogP contribution is 2.22. The lowest BCUT2D eigenvalue weighted by molar-refractivity contribution is -0.117. The second-order valence-corrected chi connectivity index (χ2v) is 7.26. The predicted molar refractivity (Wildman–Crippen MR) is 78.2 cm³/mol. The van der Waals surface area contributed by atoms with Gasteiger partial charge in [-0.1, -0.05) is 11.6 Å². The minimum absolute atomic E-state index is 0.216. The van der Waals surface area contributed by atoms with Crippen LogP contribution in [0.4, 0.5) is 0 Å². The summed E-state index contributed by atoms with van der Waals surface area (Å²) in [6, 6.07) is 6.76. The van der Waals surface area contributed by atoms with Crippen LogP contribution >= 0.6 is 11.6 Å². The number of oxazole rings is 1. The smallest absolute Gasteiger partial charge is 0.235 e. The minimum atomic E-state index is -3.71. The molecule has 0 bridgehead atoms. The Kier molecular flexibility index (Phi) is 4.34. The normalized spacial score (nSPS) is 13.0. The van der Waals surface area contributed by atoms with E-state index in [1.807, 2.05) is 0 Å². The Labute approximate surface area is 126 Å². The lowest BCUT2D eigenvalue weighted by Gasteiger charge is -2.06. The van der Waals surface area contributed by atoms with E-state index in [1.165, 1.54) is 13.2 Å². The fourth-order valence-electron chi connectivity index (χ4n) is 1.61. The van der Waals surface area contributed by atoms with Gasteiger partial charge in [0.05, 0.1) is 11.4 Å². The number of hydrogen-bond donors (Lipinski definition) is 1. The van der Waals surface area contributed by atoms with Gasteiger partial charge in [-0.3, -0.25) is 4.79 Å². The van der Waals surface area contributed by atoms with Gasteiger partial charge in [0.15, 0.2) is 9.84 Å². The molecule has 1 amide bonds. The van der Waals surface area contributed by atoms with Crippen molar-refractivity contribution >= 4 is 27.3 Å². The number of halogens is 1. The molecular weight excluding hydrogens is 316 g/mol. The Hall–Kier alpha value is -1.86. The first-order valence-electron chi connectivity index (χ1n) is 6.01. The standard InChI is InChI=1S/C13H13ClN2O4S/c1-8(12(15)17)21(18,19)7-11-6-20-13(16-11)9-2-4-10(14)5-3-9/h2-6,8H,7H2,1H3,(H2,15,17). The third-order valence-electron chi connectivity index (χ3n) is 2.93. The van der Waals surface area contributed by atoms with Gasteiger partial charge >= 0.3 is 0 Å². The first-order valence-corrected chi connectivity index (χ1v) is 8.10. The molecule has 0 radical (unpaired) electrons. The summed E-state index contributed by atoms with van der Waals surface area (Å²) < 4.78 is 29.1. The summed E-state index contributed by atoms with van der Waals surface area (Å²) in [4.78, 5) is 15.1. The number of sulfone groups is 1. The molecule has 1 heterocycles. The van der Waals surface area contributed by atoms with Crippen LogP contribution in [0.2, 0.25) is 5.02 Å². The maximum atomic E-state index is 11.9. The Morgan fingerprint density at radius 1 is 1.38 bits per heavy atom. The zero-order valence-electron chi connectivity index (χ0n) is 11.1. The Balaban J connectivity index is 2.21. The quantitative estimate of drug-likeness (QED) is 0.901. The summed E-state index contributed by atoms with van der Waals surface area (Å²) in [5, 5.41) is -0.698. The molecule has 8 heteroatoms. The molecule has 6 nitrogen and oxygen atoms in total. The summed E-state index contributed by atoms with van der Waals surface area (Å²) in [6.07, 6.45) is 1.25. The maximum Gasteiger partial charge on any atom is 0.235 e. The van der Waals surface area contributed by atoms with Crippen LogP contribution in [0.3, 0.4) is 0 Å². The van der Waals surface area contributed by atoms with Gasteiger partial charge in [-0.15, -0.1) is 0 Å². The zero-order valence-corrected chi connectivity index (χ0v) is 12.7. The molecule has 1 aromatic heterocycles. The molecule has 0 aliphatic carbocycles. The van der Waals surface area contributed by atoms with E-state index in [4.69, 9.17) is 21.8 Å². The molecule has 1 atom stereocenters. The van der Waals surface area contributed by atoms with Crippen molar-refractivity contribution < 1.29 is 17.6 Å². The molecule has 2 aromatic rings. The van der Waals surface area contributed by atoms with Crippen molar-refractivity contribution in [1.29, 1.82) is 0 Å². The Bertz CT molecular complexity index is 753. The Morgan fingerprint density at radius 2 is 2.00 bits per heavy atom. The zero-order chi connectivity index (χ0) is 15.6. The molecule has 21 heavy (non-hydrogen) atoms. The van der Waals surface area contributed by atoms with E-state index in [9.17, 15) is 13.2 Å². The van der Waals surface area contributed by atoms with Gasteiger partial charge in [0, 0.05) is 10.6 Å². The average Bonchev–Trinajstić information content (AvgIpc) is 2.86. The fraction of sp³-hybridized carbons (Fsp3) is 0.231. The van der Waals surface area contributed by atoms with Gasteiger partial charge in [-0.2, -0.15) is 0 Å². The van der Waals surface area contributed by atoms with Crippen molar-refractivity contribution in [3.05, 3.63) is 41.2 Å². The first kappa shape index (κ1) is 15.5. The number of carbonyl (C=O) groups excluding carboxylic acids is 1. The highest BCUT2D eigenvalue weighted by atomic mass is 35.5. The minimum Gasteiger partial charge on any atom is -0.444 e. The third kappa shape index (κ3) is 3.62. The average molecular weight is 329 g/mol. The SMILES string of the molecule is CC(C(N)=O)S(=O)(=O)Cc1coc(-c2ccc(Cl)cc2)n1. The second kappa shape index (κ2) is 5.87. The monoisotopic (exact) mass is 328 g/mol. The molecule has 0 fully saturated rings. The number of hydrogen-bond acceptors (Lipinski definition) is 5. The van der Waals surface area contributed by atoms with Gasteiger partial charge in [0.1, 0.15) is 11.5 Å². The van der Waals surface area contributed by atoms with Crippen molar-refractivity contribution in [2.75, 3.05) is 0 Å². The van der Waals surface area contributed by atoms with Crippen LogP contribution in [-0.4, -0.2) is 24.6 Å². The van der Waals surface area contributed by atoms with E-state index in [1.54, 1.807) is 24.3 Å². The largest absolute Gasteiger partial charge is 0.444 e. The summed E-state index contributed by atoms with van der Waals surface area (Å²) in [6.45, 7) is 1.25. The summed E-state index contributed by atoms with van der Waals surface area (Å²) in [7, 11) is -3.71. The molecule has 1 unspecified atom stereocenters. The fourth-order valence-corrected chi connectivity index (χ4v) is 2.88. The maximum absolute atomic E-state index is 11.9. The van der Waals surface area contributed by atoms with Crippen LogP contribution in [0.5, 0.6) is 0 Å². The summed E-state index contributed by atoms with van der Waals surface area (Å²) in [5.74, 6) is -1.02. The first-order chi connectivity index (χ1) is 9.79. The number of rotatable bonds is 5. The molecule has 0 aliphatic heterocycles. The van der Waals surface area contributed by atoms with E-state index < -0.39 is 26.7 Å². The molecular formula is C13H13ClN2O4S. The van der Waals surface area contributed by atoms with E-state index in [-0.39, 0.29) is 11.6 Å². The van der Waals surface area contributed by atoms with Crippen molar-refractivity contribution in [2.45, 2.75) is 17.9 Å². The van der Waals surface area contributed by atoms with Crippen LogP contribution < -0.4 is 5.73 Å². The van der Waals surface area contributed by atoms with Crippen molar-refractivity contribution in [3.63, 3.8) is 0 Å². The lowest BCUT2D eigenvalue weighted by atomic mass is 10.2. The third-order valence-corrected chi connectivity index (χ3v) is 5.19. The van der Waals surface area contributed by atoms with E-state index in [2.05, 4.69) is 4.98 Å². The van der Waals surface area contributed by atoms with Gasteiger partial charge in [-0.25, -0.2) is 13.4 Å². The van der Waals surface area contributed by atoms with Gasteiger partial charge in [-0.05, 0) is 31.2 Å². The lowest BCUT2D eigenvalue weighted by Crippen LogP contribution is -2.34. The van der Waals surface area contributed by atoms with Gasteiger partial charge in [0.2, 0.25) is 11.8 Å². The Morgan fingerprint density at radius 3 is 2.57 bits per heavy atom. The van der Waals surface area contributed by atoms with Crippen LogP contribution in [-0.2, 0) is 20.4 Å². The molecule has 2 rings (SSSR count). The number of nitrogens with two attached hydrogens (primary N) is 1. The van der Waals surface area contributed by atoms with Crippen molar-refractivity contribution in [2.24, 2.45) is 5.73 Å². The van der Waals surface area contributed by atoms with Gasteiger partial charge in [0.25, 0.3) is 0 Å². The topological polar surface area (TPSA) is 103 Å². The number of carbonyl (C=O) groups is 1. The van der Waals surface area contributed by atoms with E-state index >= 15 is 0 Å².